The quantitative estimate of drug-likeness (QED) is 0.481. The van der Waals surface area contributed by atoms with Gasteiger partial charge in [-0.05, 0) is 48.9 Å². The van der Waals surface area contributed by atoms with Crippen LogP contribution in [0.15, 0.2) is 58.5 Å². The largest absolute Gasteiger partial charge is 0.573 e. The maximum atomic E-state index is 12.6. The topological polar surface area (TPSA) is 80.8 Å². The Bertz CT molecular complexity index is 1110. The number of H-pyrrole nitrogens is 1. The molecule has 0 unspecified atom stereocenters. The third kappa shape index (κ3) is 4.98. The lowest BCUT2D eigenvalue weighted by Gasteiger charge is -2.11. The van der Waals surface area contributed by atoms with Crippen molar-refractivity contribution in [3.8, 4) is 28.4 Å². The van der Waals surface area contributed by atoms with Crippen molar-refractivity contribution in [2.45, 2.75) is 19.8 Å². The number of hydrogen-bond acceptors (Lipinski definition) is 5. The molecular weight excluding hydrogens is 425 g/mol. The zero-order valence-corrected chi connectivity index (χ0v) is 16.2. The van der Waals surface area contributed by atoms with Crippen LogP contribution < -0.4 is 14.9 Å². The summed E-state index contributed by atoms with van der Waals surface area (Å²) in [7, 11) is 0. The summed E-state index contributed by atoms with van der Waals surface area (Å²) in [5, 5.41) is 2.64. The molecule has 3 rings (SSSR count). The van der Waals surface area contributed by atoms with E-state index in [1.807, 2.05) is 0 Å². The molecule has 0 atom stereocenters. The number of aromatic nitrogens is 1. The summed E-state index contributed by atoms with van der Waals surface area (Å²) in [6, 6.07) is 11.4. The van der Waals surface area contributed by atoms with Crippen LogP contribution in [-0.2, 0) is 6.54 Å². The van der Waals surface area contributed by atoms with E-state index in [1.54, 1.807) is 31.2 Å². The molecular formula is C20H14ClF3N2O4. The van der Waals surface area contributed by atoms with Crippen molar-refractivity contribution >= 4 is 11.6 Å². The molecule has 0 aliphatic rings. The molecule has 0 spiro atoms. The van der Waals surface area contributed by atoms with Gasteiger partial charge >= 0.3 is 6.36 Å². The van der Waals surface area contributed by atoms with Crippen LogP contribution in [0.2, 0.25) is 5.02 Å². The predicted molar refractivity (Wildman–Crippen MR) is 105 cm³/mol. The van der Waals surface area contributed by atoms with Gasteiger partial charge < -0.3 is 14.5 Å². The third-order valence-corrected chi connectivity index (χ3v) is 4.46. The van der Waals surface area contributed by atoms with Crippen molar-refractivity contribution in [3.05, 3.63) is 80.1 Å². The van der Waals surface area contributed by atoms with E-state index in [4.69, 9.17) is 16.3 Å². The van der Waals surface area contributed by atoms with E-state index in [9.17, 15) is 22.9 Å². The lowest BCUT2D eigenvalue weighted by atomic mass is 10.0. The Balaban J connectivity index is 1.80. The Morgan fingerprint density at radius 2 is 1.53 bits per heavy atom. The smallest absolute Gasteiger partial charge is 0.457 e. The average Bonchev–Trinajstić information content (AvgIpc) is 2.68. The number of rotatable bonds is 6. The van der Waals surface area contributed by atoms with Gasteiger partial charge in [-0.3, -0.25) is 4.79 Å². The van der Waals surface area contributed by atoms with Crippen molar-refractivity contribution in [3.63, 3.8) is 0 Å². The molecule has 1 heterocycles. The van der Waals surface area contributed by atoms with Crippen LogP contribution in [-0.4, -0.2) is 11.3 Å². The number of aromatic amines is 1. The standard InChI is InChI=1S/C20H14ClF3N2O4/c1-11-17(19(27)18(21)16(26-11)10-25-28)12-2-4-13(5-3-12)29-14-6-8-15(9-7-14)30-20(22,23)24/h2-9H,10H2,1H3,(H,26,27). The van der Waals surface area contributed by atoms with Crippen LogP contribution >= 0.6 is 11.6 Å². The Kier molecular flexibility index (Phi) is 6.12. The van der Waals surface area contributed by atoms with Crippen molar-refractivity contribution in [1.29, 1.82) is 0 Å². The van der Waals surface area contributed by atoms with Crippen LogP contribution in [0.1, 0.15) is 11.4 Å². The van der Waals surface area contributed by atoms with E-state index in [1.165, 1.54) is 12.1 Å². The van der Waals surface area contributed by atoms with Gasteiger partial charge in [-0.2, -0.15) is 4.91 Å². The molecule has 0 aliphatic heterocycles. The first kappa shape index (κ1) is 21.4. The van der Waals surface area contributed by atoms with E-state index in [2.05, 4.69) is 14.9 Å². The van der Waals surface area contributed by atoms with Crippen LogP contribution in [0.3, 0.4) is 0 Å². The molecule has 6 nitrogen and oxygen atoms in total. The van der Waals surface area contributed by atoms with E-state index < -0.39 is 11.8 Å². The summed E-state index contributed by atoms with van der Waals surface area (Å²) in [6.45, 7) is 1.44. The molecule has 30 heavy (non-hydrogen) atoms. The molecule has 0 amide bonds. The van der Waals surface area contributed by atoms with E-state index in [0.717, 1.165) is 12.1 Å². The second kappa shape index (κ2) is 8.58. The van der Waals surface area contributed by atoms with E-state index in [-0.39, 0.29) is 23.0 Å². The van der Waals surface area contributed by atoms with Gasteiger partial charge in [0.1, 0.15) is 28.8 Å². The molecule has 10 heteroatoms. The van der Waals surface area contributed by atoms with Gasteiger partial charge in [0.05, 0.1) is 5.69 Å². The summed E-state index contributed by atoms with van der Waals surface area (Å²) in [6.07, 6.45) is -4.76. The summed E-state index contributed by atoms with van der Waals surface area (Å²) in [5.74, 6) is 0.357. The zero-order chi connectivity index (χ0) is 21.9. The SMILES string of the molecule is Cc1[nH]c(CN=O)c(Cl)c(=O)c1-c1ccc(Oc2ccc(OC(F)(F)F)cc2)cc1. The first-order valence-corrected chi connectivity index (χ1v) is 8.90. The number of pyridine rings is 1. The summed E-state index contributed by atoms with van der Waals surface area (Å²) < 4.78 is 46.0. The van der Waals surface area contributed by atoms with Crippen molar-refractivity contribution < 1.29 is 22.6 Å². The lowest BCUT2D eigenvalue weighted by molar-refractivity contribution is -0.274. The zero-order valence-electron chi connectivity index (χ0n) is 15.4. The first-order chi connectivity index (χ1) is 14.2. The minimum atomic E-state index is -4.76. The Labute approximate surface area is 173 Å². The van der Waals surface area contributed by atoms with Gasteiger partial charge in [0, 0.05) is 11.3 Å². The molecule has 0 saturated heterocycles. The number of aryl methyl sites for hydroxylation is 1. The van der Waals surface area contributed by atoms with Gasteiger partial charge in [0.2, 0.25) is 5.43 Å². The van der Waals surface area contributed by atoms with Crippen LogP contribution in [0.4, 0.5) is 13.2 Å². The van der Waals surface area contributed by atoms with Gasteiger partial charge in [0.15, 0.2) is 0 Å². The first-order valence-electron chi connectivity index (χ1n) is 8.52. The molecule has 156 valence electrons. The van der Waals surface area contributed by atoms with E-state index >= 15 is 0 Å². The minimum Gasteiger partial charge on any atom is -0.457 e. The molecule has 0 aliphatic carbocycles. The van der Waals surface area contributed by atoms with Gasteiger partial charge in [-0.1, -0.05) is 28.9 Å². The molecule has 0 saturated carbocycles. The van der Waals surface area contributed by atoms with Crippen LogP contribution in [0.25, 0.3) is 11.1 Å². The number of nitroso groups, excluding NO2 is 1. The highest BCUT2D eigenvalue weighted by atomic mass is 35.5. The fourth-order valence-corrected chi connectivity index (χ4v) is 3.02. The molecule has 0 bridgehead atoms. The summed E-state index contributed by atoms with van der Waals surface area (Å²) in [5.41, 5.74) is 1.26. The maximum Gasteiger partial charge on any atom is 0.573 e. The van der Waals surface area contributed by atoms with Gasteiger partial charge in [0.25, 0.3) is 0 Å². The lowest BCUT2D eigenvalue weighted by Crippen LogP contribution is -2.16. The monoisotopic (exact) mass is 438 g/mol. The van der Waals surface area contributed by atoms with Crippen LogP contribution in [0, 0.1) is 11.8 Å². The van der Waals surface area contributed by atoms with Crippen LogP contribution in [0.5, 0.6) is 17.2 Å². The molecule has 2 aromatic carbocycles. The summed E-state index contributed by atoms with van der Waals surface area (Å²) >= 11 is 6.04. The fourth-order valence-electron chi connectivity index (χ4n) is 2.82. The average molecular weight is 439 g/mol. The Morgan fingerprint density at radius 1 is 1.00 bits per heavy atom. The Morgan fingerprint density at radius 3 is 2.07 bits per heavy atom. The fraction of sp³-hybridized carbons (Fsp3) is 0.150. The Hall–Kier alpha value is -3.33. The second-order valence-electron chi connectivity index (χ2n) is 6.18. The number of halogens is 4. The predicted octanol–water partition coefficient (Wildman–Crippen LogP) is 5.96. The highest BCUT2D eigenvalue weighted by molar-refractivity contribution is 6.31. The molecule has 3 aromatic rings. The third-order valence-electron chi connectivity index (χ3n) is 4.06. The second-order valence-corrected chi connectivity index (χ2v) is 6.56. The molecule has 0 fully saturated rings. The number of nitrogens with zero attached hydrogens (tertiary/aromatic N) is 1. The number of benzene rings is 2. The molecule has 1 aromatic heterocycles. The molecule has 1 N–H and O–H groups in total. The normalized spacial score (nSPS) is 11.2. The van der Waals surface area contributed by atoms with Crippen molar-refractivity contribution in [1.82, 2.24) is 4.98 Å². The summed E-state index contributed by atoms with van der Waals surface area (Å²) in [4.78, 5) is 26.0. The van der Waals surface area contributed by atoms with Crippen molar-refractivity contribution in [2.75, 3.05) is 0 Å². The molecule has 0 radical (unpaired) electrons. The number of ether oxygens (including phenoxy) is 2. The van der Waals surface area contributed by atoms with Gasteiger partial charge in [-0.25, -0.2) is 0 Å². The maximum absolute atomic E-state index is 12.6. The number of alkyl halides is 3. The number of nitrogens with one attached hydrogen (secondary N) is 1. The number of hydrogen-bond donors (Lipinski definition) is 1. The van der Waals surface area contributed by atoms with E-state index in [0.29, 0.717) is 28.3 Å². The highest BCUT2D eigenvalue weighted by Gasteiger charge is 2.31. The minimum absolute atomic E-state index is 0.100. The van der Waals surface area contributed by atoms with Gasteiger partial charge in [-0.15, -0.1) is 13.2 Å². The highest BCUT2D eigenvalue weighted by Crippen LogP contribution is 2.29. The van der Waals surface area contributed by atoms with Crippen molar-refractivity contribution in [2.24, 2.45) is 5.18 Å².